The summed E-state index contributed by atoms with van der Waals surface area (Å²) in [5.74, 6) is 0. The third-order valence-electron chi connectivity index (χ3n) is 3.74. The van der Waals surface area contributed by atoms with E-state index in [1.54, 1.807) is 0 Å². The molecule has 1 aromatic heterocycles. The maximum absolute atomic E-state index is 4.32. The van der Waals surface area contributed by atoms with Crippen LogP contribution in [0.3, 0.4) is 0 Å². The van der Waals surface area contributed by atoms with E-state index in [-0.39, 0.29) is 0 Å². The zero-order valence-electron chi connectivity index (χ0n) is 10.4. The van der Waals surface area contributed by atoms with E-state index in [0.717, 1.165) is 11.2 Å². The van der Waals surface area contributed by atoms with Gasteiger partial charge >= 0.3 is 0 Å². The van der Waals surface area contributed by atoms with Crippen molar-refractivity contribution in [2.75, 3.05) is 0 Å². The minimum absolute atomic E-state index is 0.989. The van der Waals surface area contributed by atoms with Gasteiger partial charge in [-0.25, -0.2) is 0 Å². The van der Waals surface area contributed by atoms with Crippen molar-refractivity contribution in [2.45, 2.75) is 13.8 Å². The largest absolute Gasteiger partial charge is 0.155 e. The molecular formula is C16H12N2. The molecule has 0 saturated heterocycles. The van der Waals surface area contributed by atoms with Crippen LogP contribution in [0.4, 0.5) is 0 Å². The minimum Gasteiger partial charge on any atom is -0.155 e. The smallest absolute Gasteiger partial charge is 0.0942 e. The van der Waals surface area contributed by atoms with Gasteiger partial charge in [-0.2, -0.15) is 10.2 Å². The van der Waals surface area contributed by atoms with Crippen LogP contribution in [-0.4, -0.2) is 10.2 Å². The predicted molar refractivity (Wildman–Crippen MR) is 75.2 cm³/mol. The molecule has 0 spiro atoms. The van der Waals surface area contributed by atoms with Gasteiger partial charge in [0.2, 0.25) is 0 Å². The monoisotopic (exact) mass is 232 g/mol. The van der Waals surface area contributed by atoms with Gasteiger partial charge < -0.3 is 0 Å². The summed E-state index contributed by atoms with van der Waals surface area (Å²) in [6.45, 7) is 4.18. The van der Waals surface area contributed by atoms with Crippen LogP contribution in [0, 0.1) is 13.8 Å². The zero-order valence-corrected chi connectivity index (χ0v) is 10.4. The molecule has 0 N–H and O–H groups in total. The maximum Gasteiger partial charge on any atom is 0.0942 e. The Kier molecular flexibility index (Phi) is 1.72. The van der Waals surface area contributed by atoms with Crippen LogP contribution in [-0.2, 0) is 0 Å². The predicted octanol–water partition coefficient (Wildman–Crippen LogP) is 3.99. The Bertz CT molecular complexity index is 894. The van der Waals surface area contributed by atoms with Crippen molar-refractivity contribution in [3.8, 4) is 0 Å². The SMILES string of the molecule is Cc1cc2cccc3ccc4nnc(C)c1c4c32. The first-order chi connectivity index (χ1) is 8.75. The Morgan fingerprint density at radius 1 is 0.778 bits per heavy atom. The van der Waals surface area contributed by atoms with Crippen LogP contribution < -0.4 is 0 Å². The molecule has 2 nitrogen and oxygen atoms in total. The fraction of sp³-hybridized carbons (Fsp3) is 0.125. The van der Waals surface area contributed by atoms with E-state index in [1.165, 1.54) is 32.5 Å². The highest BCUT2D eigenvalue weighted by molar-refractivity contribution is 6.23. The molecule has 0 aliphatic heterocycles. The van der Waals surface area contributed by atoms with Crippen molar-refractivity contribution in [3.05, 3.63) is 47.7 Å². The van der Waals surface area contributed by atoms with Crippen LogP contribution in [0.5, 0.6) is 0 Å². The molecule has 0 aliphatic carbocycles. The third-order valence-corrected chi connectivity index (χ3v) is 3.74. The van der Waals surface area contributed by atoms with E-state index < -0.39 is 0 Å². The van der Waals surface area contributed by atoms with E-state index in [9.17, 15) is 0 Å². The fourth-order valence-electron chi connectivity index (χ4n) is 3.00. The number of hydrogen-bond donors (Lipinski definition) is 0. The Morgan fingerprint density at radius 3 is 2.50 bits per heavy atom. The zero-order chi connectivity index (χ0) is 12.3. The second-order valence-corrected chi connectivity index (χ2v) is 4.89. The molecule has 0 unspecified atom stereocenters. The van der Waals surface area contributed by atoms with E-state index in [0.29, 0.717) is 0 Å². The van der Waals surface area contributed by atoms with Crippen molar-refractivity contribution >= 4 is 32.4 Å². The van der Waals surface area contributed by atoms with Crippen molar-refractivity contribution in [3.63, 3.8) is 0 Å². The summed E-state index contributed by atoms with van der Waals surface area (Å²) in [6.07, 6.45) is 0. The van der Waals surface area contributed by atoms with Crippen molar-refractivity contribution in [1.29, 1.82) is 0 Å². The Morgan fingerprint density at radius 2 is 1.61 bits per heavy atom. The molecule has 0 atom stereocenters. The maximum atomic E-state index is 4.32. The average Bonchev–Trinajstić information content (AvgIpc) is 2.38. The lowest BCUT2D eigenvalue weighted by Crippen LogP contribution is -1.95. The Labute approximate surface area is 105 Å². The van der Waals surface area contributed by atoms with Gasteiger partial charge in [-0.3, -0.25) is 0 Å². The second-order valence-electron chi connectivity index (χ2n) is 4.89. The van der Waals surface area contributed by atoms with E-state index in [1.807, 2.05) is 6.92 Å². The van der Waals surface area contributed by atoms with Crippen LogP contribution >= 0.6 is 0 Å². The van der Waals surface area contributed by atoms with Gasteiger partial charge in [-0.05, 0) is 41.6 Å². The lowest BCUT2D eigenvalue weighted by Gasteiger charge is -2.12. The summed E-state index contributed by atoms with van der Waals surface area (Å²) in [6, 6.07) is 12.9. The Balaban J connectivity index is 2.50. The number of nitrogens with zero attached hydrogens (tertiary/aromatic N) is 2. The molecule has 18 heavy (non-hydrogen) atoms. The summed E-state index contributed by atoms with van der Waals surface area (Å²) in [5.41, 5.74) is 3.28. The highest BCUT2D eigenvalue weighted by Gasteiger charge is 2.12. The molecule has 86 valence electrons. The lowest BCUT2D eigenvalue weighted by atomic mass is 9.93. The first kappa shape index (κ1) is 9.77. The first-order valence-electron chi connectivity index (χ1n) is 6.13. The van der Waals surface area contributed by atoms with Crippen molar-refractivity contribution in [2.24, 2.45) is 0 Å². The van der Waals surface area contributed by atoms with Crippen LogP contribution in [0.2, 0.25) is 0 Å². The molecule has 0 radical (unpaired) electrons. The molecule has 0 aliphatic rings. The normalized spacial score (nSPS) is 11.9. The van der Waals surface area contributed by atoms with E-state index >= 15 is 0 Å². The number of rotatable bonds is 0. The number of hydrogen-bond acceptors (Lipinski definition) is 2. The molecule has 0 saturated carbocycles. The molecule has 1 heterocycles. The highest BCUT2D eigenvalue weighted by atomic mass is 15.1. The summed E-state index contributed by atoms with van der Waals surface area (Å²) in [7, 11) is 0. The molecule has 3 aromatic carbocycles. The van der Waals surface area contributed by atoms with Gasteiger partial charge in [-0.1, -0.05) is 30.3 Å². The first-order valence-corrected chi connectivity index (χ1v) is 6.13. The highest BCUT2D eigenvalue weighted by Crippen LogP contribution is 2.35. The van der Waals surface area contributed by atoms with E-state index in [2.05, 4.69) is 53.5 Å². The van der Waals surface area contributed by atoms with Gasteiger partial charge in [0.25, 0.3) is 0 Å². The van der Waals surface area contributed by atoms with Crippen LogP contribution in [0.15, 0.2) is 36.4 Å². The van der Waals surface area contributed by atoms with Gasteiger partial charge in [0.15, 0.2) is 0 Å². The molecule has 4 rings (SSSR count). The van der Waals surface area contributed by atoms with E-state index in [4.69, 9.17) is 0 Å². The Hall–Kier alpha value is -2.22. The van der Waals surface area contributed by atoms with Gasteiger partial charge in [0.1, 0.15) is 0 Å². The van der Waals surface area contributed by atoms with Gasteiger partial charge in [0.05, 0.1) is 11.2 Å². The van der Waals surface area contributed by atoms with Crippen LogP contribution in [0.25, 0.3) is 32.4 Å². The standard InChI is InChI=1S/C16H12N2/c1-9-8-12-5-3-4-11-6-7-13-16(15(11)12)14(9)10(2)17-18-13/h3-8H,1-2H3. The summed E-state index contributed by atoms with van der Waals surface area (Å²) in [4.78, 5) is 0. The quantitative estimate of drug-likeness (QED) is 0.428. The molecule has 4 aromatic rings. The molecular weight excluding hydrogens is 220 g/mol. The summed E-state index contributed by atoms with van der Waals surface area (Å²) >= 11 is 0. The topological polar surface area (TPSA) is 25.8 Å². The molecule has 0 fully saturated rings. The fourth-order valence-corrected chi connectivity index (χ4v) is 3.00. The van der Waals surface area contributed by atoms with Gasteiger partial charge in [0, 0.05) is 10.8 Å². The van der Waals surface area contributed by atoms with Crippen LogP contribution in [0.1, 0.15) is 11.3 Å². The number of aryl methyl sites for hydroxylation is 2. The number of benzene rings is 3. The van der Waals surface area contributed by atoms with Crippen molar-refractivity contribution in [1.82, 2.24) is 10.2 Å². The van der Waals surface area contributed by atoms with Gasteiger partial charge in [-0.15, -0.1) is 0 Å². The summed E-state index contributed by atoms with van der Waals surface area (Å²) in [5, 5.41) is 15.0. The molecule has 0 amide bonds. The minimum atomic E-state index is 0.989. The summed E-state index contributed by atoms with van der Waals surface area (Å²) < 4.78 is 0. The van der Waals surface area contributed by atoms with Crippen molar-refractivity contribution < 1.29 is 0 Å². The third kappa shape index (κ3) is 1.07. The molecule has 0 bridgehead atoms. The lowest BCUT2D eigenvalue weighted by molar-refractivity contribution is 1.03. The number of aromatic nitrogens is 2. The molecule has 2 heteroatoms. The second kappa shape index (κ2) is 3.16. The average molecular weight is 232 g/mol.